The number of rotatable bonds is 7. The van der Waals surface area contributed by atoms with Gasteiger partial charge in [0.05, 0.1) is 18.4 Å². The second-order valence-corrected chi connectivity index (χ2v) is 7.35. The van der Waals surface area contributed by atoms with Gasteiger partial charge in [-0.25, -0.2) is 9.97 Å². The van der Waals surface area contributed by atoms with Gasteiger partial charge in [-0.05, 0) is 23.3 Å². The Morgan fingerprint density at radius 2 is 1.90 bits per heavy atom. The molecule has 2 aromatic carbocycles. The van der Waals surface area contributed by atoms with Crippen molar-refractivity contribution in [2.45, 2.75) is 11.6 Å². The van der Waals surface area contributed by atoms with E-state index in [1.807, 2.05) is 60.8 Å². The van der Waals surface area contributed by atoms with Crippen molar-refractivity contribution in [1.82, 2.24) is 20.3 Å². The molecule has 0 saturated heterocycles. The van der Waals surface area contributed by atoms with Gasteiger partial charge in [0.15, 0.2) is 0 Å². The lowest BCUT2D eigenvalue weighted by atomic mass is 10.1. The van der Waals surface area contributed by atoms with Gasteiger partial charge in [0.1, 0.15) is 22.6 Å². The zero-order valence-electron chi connectivity index (χ0n) is 15.9. The molecule has 7 heteroatoms. The minimum atomic E-state index is -0.0347. The van der Waals surface area contributed by atoms with E-state index in [9.17, 15) is 4.79 Å². The molecule has 0 saturated carbocycles. The lowest BCUT2D eigenvalue weighted by molar-refractivity contribution is -0.118. The molecule has 2 aromatic heterocycles. The van der Waals surface area contributed by atoms with Crippen LogP contribution in [0.25, 0.3) is 22.2 Å². The van der Waals surface area contributed by atoms with Crippen LogP contribution < -0.4 is 10.1 Å². The zero-order chi connectivity index (χ0) is 20.1. The standard InChI is InChI=1S/C22H20N4O2S/c1-28-17-9-7-16(8-10-17)18-12-24-21-20(18)25-14-26-22(21)29-13-19(27)23-11-15-5-3-2-4-6-15/h2-10,12,14,24H,11,13H2,1H3,(H,23,27). The van der Waals surface area contributed by atoms with Gasteiger partial charge in [0.25, 0.3) is 0 Å². The van der Waals surface area contributed by atoms with E-state index in [1.165, 1.54) is 18.1 Å². The largest absolute Gasteiger partial charge is 0.497 e. The van der Waals surface area contributed by atoms with Gasteiger partial charge < -0.3 is 15.0 Å². The summed E-state index contributed by atoms with van der Waals surface area (Å²) in [6, 6.07) is 17.7. The minimum Gasteiger partial charge on any atom is -0.497 e. The first-order chi connectivity index (χ1) is 14.2. The molecular formula is C22H20N4O2S. The number of ether oxygens (including phenoxy) is 1. The number of aromatic amines is 1. The van der Waals surface area contributed by atoms with Crippen molar-refractivity contribution < 1.29 is 9.53 Å². The number of aromatic nitrogens is 3. The monoisotopic (exact) mass is 404 g/mol. The summed E-state index contributed by atoms with van der Waals surface area (Å²) in [5, 5.41) is 3.69. The van der Waals surface area contributed by atoms with Crippen LogP contribution in [0, 0.1) is 0 Å². The molecule has 0 fully saturated rings. The SMILES string of the molecule is COc1ccc(-c2c[nH]c3c(SCC(=O)NCc4ccccc4)ncnc23)cc1. The van der Waals surface area contributed by atoms with Crippen LogP contribution in [0.4, 0.5) is 0 Å². The molecule has 0 aliphatic heterocycles. The van der Waals surface area contributed by atoms with E-state index in [-0.39, 0.29) is 11.7 Å². The maximum Gasteiger partial charge on any atom is 0.230 e. The average Bonchev–Trinajstić information content (AvgIpc) is 3.22. The summed E-state index contributed by atoms with van der Waals surface area (Å²) < 4.78 is 5.22. The number of amides is 1. The number of H-pyrrole nitrogens is 1. The third-order valence-corrected chi connectivity index (χ3v) is 5.49. The normalized spacial score (nSPS) is 10.8. The quantitative estimate of drug-likeness (QED) is 0.359. The predicted molar refractivity (Wildman–Crippen MR) is 115 cm³/mol. The van der Waals surface area contributed by atoms with Crippen molar-refractivity contribution >= 4 is 28.7 Å². The van der Waals surface area contributed by atoms with E-state index in [4.69, 9.17) is 4.74 Å². The van der Waals surface area contributed by atoms with Crippen molar-refractivity contribution in [3.05, 3.63) is 72.7 Å². The van der Waals surface area contributed by atoms with E-state index in [0.29, 0.717) is 6.54 Å². The molecule has 4 rings (SSSR count). The van der Waals surface area contributed by atoms with Crippen LogP contribution in [0.15, 0.2) is 72.1 Å². The number of nitrogens with zero attached hydrogens (tertiary/aromatic N) is 2. The Balaban J connectivity index is 1.45. The maximum atomic E-state index is 12.2. The molecule has 29 heavy (non-hydrogen) atoms. The third kappa shape index (κ3) is 4.41. The number of benzene rings is 2. The van der Waals surface area contributed by atoms with Gasteiger partial charge in [-0.15, -0.1) is 0 Å². The van der Waals surface area contributed by atoms with Crippen LogP contribution in [-0.2, 0) is 11.3 Å². The topological polar surface area (TPSA) is 79.9 Å². The summed E-state index contributed by atoms with van der Waals surface area (Å²) in [4.78, 5) is 24.3. The molecule has 0 atom stereocenters. The highest BCUT2D eigenvalue weighted by molar-refractivity contribution is 8.00. The predicted octanol–water partition coefficient (Wildman–Crippen LogP) is 4.04. The molecule has 0 aliphatic rings. The molecule has 0 unspecified atom stereocenters. The van der Waals surface area contributed by atoms with Crippen molar-refractivity contribution in [2.24, 2.45) is 0 Å². The van der Waals surface area contributed by atoms with Crippen LogP contribution >= 0.6 is 11.8 Å². The van der Waals surface area contributed by atoms with Crippen molar-refractivity contribution in [3.63, 3.8) is 0 Å². The van der Waals surface area contributed by atoms with Gasteiger partial charge >= 0.3 is 0 Å². The summed E-state index contributed by atoms with van der Waals surface area (Å²) >= 11 is 1.39. The number of carbonyl (C=O) groups excluding carboxylic acids is 1. The molecule has 0 bridgehead atoms. The highest BCUT2D eigenvalue weighted by atomic mass is 32.2. The number of methoxy groups -OCH3 is 1. The zero-order valence-corrected chi connectivity index (χ0v) is 16.7. The van der Waals surface area contributed by atoms with Gasteiger partial charge in [0, 0.05) is 18.3 Å². The lowest BCUT2D eigenvalue weighted by Crippen LogP contribution is -2.24. The molecule has 0 aliphatic carbocycles. The molecule has 6 nitrogen and oxygen atoms in total. The summed E-state index contributed by atoms with van der Waals surface area (Å²) in [5.74, 6) is 1.06. The molecule has 2 N–H and O–H groups in total. The Morgan fingerprint density at radius 1 is 1.10 bits per heavy atom. The average molecular weight is 404 g/mol. The van der Waals surface area contributed by atoms with Crippen LogP contribution in [0.1, 0.15) is 5.56 Å². The number of thioether (sulfide) groups is 1. The first-order valence-electron chi connectivity index (χ1n) is 9.14. The van der Waals surface area contributed by atoms with Crippen LogP contribution in [0.5, 0.6) is 5.75 Å². The maximum absolute atomic E-state index is 12.2. The van der Waals surface area contributed by atoms with Crippen molar-refractivity contribution in [3.8, 4) is 16.9 Å². The summed E-state index contributed by atoms with van der Waals surface area (Å²) in [5.41, 5.74) is 4.76. The molecular weight excluding hydrogens is 384 g/mol. The Bertz CT molecular complexity index is 1110. The van der Waals surface area contributed by atoms with E-state index in [1.54, 1.807) is 7.11 Å². The van der Waals surface area contributed by atoms with Gasteiger partial charge in [-0.3, -0.25) is 4.79 Å². The molecule has 0 radical (unpaired) electrons. The van der Waals surface area contributed by atoms with Crippen LogP contribution in [0.2, 0.25) is 0 Å². The third-order valence-electron chi connectivity index (χ3n) is 4.50. The smallest absolute Gasteiger partial charge is 0.230 e. The second-order valence-electron chi connectivity index (χ2n) is 6.38. The van der Waals surface area contributed by atoms with Gasteiger partial charge in [0.2, 0.25) is 5.91 Å². The number of carbonyl (C=O) groups is 1. The Morgan fingerprint density at radius 3 is 2.66 bits per heavy atom. The van der Waals surface area contributed by atoms with E-state index in [2.05, 4.69) is 20.3 Å². The van der Waals surface area contributed by atoms with Crippen molar-refractivity contribution in [1.29, 1.82) is 0 Å². The summed E-state index contributed by atoms with van der Waals surface area (Å²) in [6.07, 6.45) is 3.45. The van der Waals surface area contributed by atoms with Crippen LogP contribution in [-0.4, -0.2) is 33.7 Å². The first kappa shape index (κ1) is 19.0. The number of nitrogens with one attached hydrogen (secondary N) is 2. The fourth-order valence-electron chi connectivity index (χ4n) is 3.00. The van der Waals surface area contributed by atoms with Gasteiger partial charge in [-0.1, -0.05) is 54.2 Å². The van der Waals surface area contributed by atoms with E-state index < -0.39 is 0 Å². The van der Waals surface area contributed by atoms with Crippen molar-refractivity contribution in [2.75, 3.05) is 12.9 Å². The van der Waals surface area contributed by atoms with Crippen LogP contribution in [0.3, 0.4) is 0 Å². The molecule has 0 spiro atoms. The summed E-state index contributed by atoms with van der Waals surface area (Å²) in [6.45, 7) is 0.517. The highest BCUT2D eigenvalue weighted by Crippen LogP contribution is 2.32. The Hall–Kier alpha value is -3.32. The number of fused-ring (bicyclic) bond motifs is 1. The Labute approximate surface area is 172 Å². The second kappa shape index (κ2) is 8.79. The number of hydrogen-bond donors (Lipinski definition) is 2. The highest BCUT2D eigenvalue weighted by Gasteiger charge is 2.13. The van der Waals surface area contributed by atoms with Gasteiger partial charge in [-0.2, -0.15) is 0 Å². The van der Waals surface area contributed by atoms with E-state index >= 15 is 0 Å². The lowest BCUT2D eigenvalue weighted by Gasteiger charge is -2.06. The minimum absolute atomic E-state index is 0.0347. The molecule has 4 aromatic rings. The molecule has 1 amide bonds. The Kier molecular flexibility index (Phi) is 5.76. The first-order valence-corrected chi connectivity index (χ1v) is 10.1. The summed E-state index contributed by atoms with van der Waals surface area (Å²) in [7, 11) is 1.65. The molecule has 146 valence electrons. The fourth-order valence-corrected chi connectivity index (χ4v) is 3.79. The fraction of sp³-hybridized carbons (Fsp3) is 0.136. The number of hydrogen-bond acceptors (Lipinski definition) is 5. The molecule has 2 heterocycles. The van der Waals surface area contributed by atoms with E-state index in [0.717, 1.165) is 38.5 Å².